The highest BCUT2D eigenvalue weighted by molar-refractivity contribution is 5.44. The van der Waals surface area contributed by atoms with E-state index in [0.29, 0.717) is 36.0 Å². The van der Waals surface area contributed by atoms with E-state index in [4.69, 9.17) is 9.47 Å². The second kappa shape index (κ2) is 6.87. The van der Waals surface area contributed by atoms with Gasteiger partial charge in [-0.25, -0.2) is 0 Å². The molecule has 6 rings (SSSR count). The molecule has 4 heteroatoms. The number of fused-ring (bicyclic) bond motifs is 1. The Balaban J connectivity index is 1.30. The van der Waals surface area contributed by atoms with Crippen LogP contribution in [0.1, 0.15) is 92.9 Å². The van der Waals surface area contributed by atoms with Crippen LogP contribution in [0.4, 0.5) is 0 Å². The number of epoxide rings is 2. The van der Waals surface area contributed by atoms with E-state index >= 15 is 0 Å². The summed E-state index contributed by atoms with van der Waals surface area (Å²) in [6.07, 6.45) is 12.2. The zero-order valence-corrected chi connectivity index (χ0v) is 21.6. The SMILES string of the molecule is CC[C@@H](/C=C/[C@@H](C)[C@H]1CCC2[C@]1(C)CC[C@@]13O[C@@]21[C@H](O)[C@@H]1O[C@@]12C[C@@H](O)CC[C@]32C)C(C)C. The summed E-state index contributed by atoms with van der Waals surface area (Å²) in [5.41, 5.74) is -0.985. The summed E-state index contributed by atoms with van der Waals surface area (Å²) in [7, 11) is 0. The van der Waals surface area contributed by atoms with Crippen molar-refractivity contribution >= 4 is 0 Å². The molecule has 0 aromatic heterocycles. The maximum absolute atomic E-state index is 11.8. The van der Waals surface area contributed by atoms with Gasteiger partial charge in [0.1, 0.15) is 29.0 Å². The molecule has 0 aromatic rings. The van der Waals surface area contributed by atoms with E-state index in [1.54, 1.807) is 0 Å². The molecule has 6 aliphatic rings. The summed E-state index contributed by atoms with van der Waals surface area (Å²) in [5, 5.41) is 22.2. The maximum atomic E-state index is 11.8. The van der Waals surface area contributed by atoms with Crippen molar-refractivity contribution in [3.8, 4) is 0 Å². The van der Waals surface area contributed by atoms with E-state index < -0.39 is 11.7 Å². The minimum atomic E-state index is -0.560. The molecular formula is C29H46O4. The molecule has 4 saturated carbocycles. The highest BCUT2D eigenvalue weighted by atomic mass is 16.7. The Bertz CT molecular complexity index is 855. The number of allylic oxidation sites excluding steroid dienone is 2. The Kier molecular flexibility index (Phi) is 4.79. The lowest BCUT2D eigenvalue weighted by molar-refractivity contribution is -0.0911. The molecule has 4 nitrogen and oxygen atoms in total. The van der Waals surface area contributed by atoms with Gasteiger partial charge >= 0.3 is 0 Å². The van der Waals surface area contributed by atoms with Gasteiger partial charge in [-0.3, -0.25) is 0 Å². The van der Waals surface area contributed by atoms with Gasteiger partial charge < -0.3 is 19.7 Å². The Hall–Kier alpha value is -0.420. The first-order valence-corrected chi connectivity index (χ1v) is 14.0. The van der Waals surface area contributed by atoms with Crippen LogP contribution in [0.25, 0.3) is 0 Å². The fourth-order valence-electron chi connectivity index (χ4n) is 10.3. The van der Waals surface area contributed by atoms with Crippen molar-refractivity contribution in [1.29, 1.82) is 0 Å². The standard InChI is InChI=1S/C29H46O4/c1-7-19(17(2)3)9-8-18(4)21-10-11-22-25(21,5)14-15-28-26(6)13-12-20(30)16-27(26)24(32-27)23(31)29(22,28)33-28/h8-9,17-24,30-31H,7,10-16H2,1-6H3/b9-8+/t18-,19+,20+,21-,22?,23-,24+,25-,26+,27+,28+,29-/m1/s1. The smallest absolute Gasteiger partial charge is 0.130 e. The van der Waals surface area contributed by atoms with Gasteiger partial charge in [-0.2, -0.15) is 0 Å². The molecule has 2 aliphatic heterocycles. The van der Waals surface area contributed by atoms with Gasteiger partial charge in [-0.15, -0.1) is 0 Å². The zero-order valence-electron chi connectivity index (χ0n) is 21.6. The molecule has 0 radical (unpaired) electrons. The topological polar surface area (TPSA) is 65.5 Å². The van der Waals surface area contributed by atoms with Crippen molar-refractivity contribution in [2.75, 3.05) is 0 Å². The number of hydrogen-bond donors (Lipinski definition) is 2. The molecule has 2 heterocycles. The largest absolute Gasteiger partial charge is 0.393 e. The molecular weight excluding hydrogens is 412 g/mol. The van der Waals surface area contributed by atoms with Crippen LogP contribution >= 0.6 is 0 Å². The number of aliphatic hydroxyl groups excluding tert-OH is 2. The first kappa shape index (κ1) is 23.0. The molecule has 33 heavy (non-hydrogen) atoms. The average molecular weight is 459 g/mol. The van der Waals surface area contributed by atoms with Crippen molar-refractivity contribution in [1.82, 2.24) is 0 Å². The Morgan fingerprint density at radius 3 is 2.45 bits per heavy atom. The maximum Gasteiger partial charge on any atom is 0.130 e. The van der Waals surface area contributed by atoms with Gasteiger partial charge in [0, 0.05) is 11.8 Å². The Morgan fingerprint density at radius 2 is 1.76 bits per heavy atom. The lowest BCUT2D eigenvalue weighted by atomic mass is 9.43. The van der Waals surface area contributed by atoms with Crippen LogP contribution in [0.3, 0.4) is 0 Å². The van der Waals surface area contributed by atoms with Crippen LogP contribution in [0.2, 0.25) is 0 Å². The fourth-order valence-corrected chi connectivity index (χ4v) is 10.3. The number of rotatable bonds is 5. The van der Waals surface area contributed by atoms with Gasteiger partial charge in [-0.05, 0) is 80.0 Å². The highest BCUT2D eigenvalue weighted by Crippen LogP contribution is 2.85. The molecule has 0 bridgehead atoms. The van der Waals surface area contributed by atoms with Gasteiger partial charge in [-0.1, -0.05) is 53.7 Å². The molecule has 1 unspecified atom stereocenters. The molecule has 12 atom stereocenters. The monoisotopic (exact) mass is 458 g/mol. The third kappa shape index (κ3) is 2.48. The summed E-state index contributed by atoms with van der Waals surface area (Å²) in [6.45, 7) is 14.3. The minimum Gasteiger partial charge on any atom is -0.393 e. The van der Waals surface area contributed by atoms with Crippen LogP contribution < -0.4 is 0 Å². The Labute approximate surface area is 200 Å². The van der Waals surface area contributed by atoms with Crippen LogP contribution in [0.5, 0.6) is 0 Å². The number of hydrogen-bond acceptors (Lipinski definition) is 4. The molecule has 0 aromatic carbocycles. The van der Waals surface area contributed by atoms with Crippen molar-refractivity contribution in [3.05, 3.63) is 12.2 Å². The average Bonchev–Trinajstić information content (AvgIpc) is 3.63. The van der Waals surface area contributed by atoms with Crippen LogP contribution in [-0.4, -0.2) is 45.3 Å². The van der Waals surface area contributed by atoms with E-state index in [9.17, 15) is 10.2 Å². The number of aliphatic hydroxyl groups is 2. The van der Waals surface area contributed by atoms with Crippen LogP contribution in [-0.2, 0) is 9.47 Å². The van der Waals surface area contributed by atoms with Crippen molar-refractivity contribution in [2.24, 2.45) is 40.4 Å². The quantitative estimate of drug-likeness (QED) is 0.436. The minimum absolute atomic E-state index is 0.0975. The van der Waals surface area contributed by atoms with Crippen LogP contribution in [0.15, 0.2) is 12.2 Å². The predicted molar refractivity (Wildman–Crippen MR) is 129 cm³/mol. The van der Waals surface area contributed by atoms with Crippen molar-refractivity contribution in [3.63, 3.8) is 0 Å². The molecule has 2 saturated heterocycles. The van der Waals surface area contributed by atoms with E-state index in [2.05, 4.69) is 53.7 Å². The summed E-state index contributed by atoms with van der Waals surface area (Å²) < 4.78 is 13.3. The number of ether oxygens (including phenoxy) is 2. The van der Waals surface area contributed by atoms with Gasteiger partial charge in [0.15, 0.2) is 0 Å². The molecule has 186 valence electrons. The molecule has 6 fully saturated rings. The summed E-state index contributed by atoms with van der Waals surface area (Å²) in [4.78, 5) is 0. The predicted octanol–water partition coefficient (Wildman–Crippen LogP) is 5.26. The summed E-state index contributed by atoms with van der Waals surface area (Å²) >= 11 is 0. The van der Waals surface area contributed by atoms with Gasteiger partial charge in [0.25, 0.3) is 0 Å². The van der Waals surface area contributed by atoms with E-state index in [1.807, 2.05) is 0 Å². The normalized spacial score (nSPS) is 58.2. The second-order valence-electron chi connectivity index (χ2n) is 13.6. The fraction of sp³-hybridized carbons (Fsp3) is 0.931. The molecule has 4 aliphatic carbocycles. The highest BCUT2D eigenvalue weighted by Gasteiger charge is 2.97. The third-order valence-corrected chi connectivity index (χ3v) is 12.3. The van der Waals surface area contributed by atoms with Crippen molar-refractivity contribution < 1.29 is 19.7 Å². The Morgan fingerprint density at radius 1 is 1.00 bits per heavy atom. The van der Waals surface area contributed by atoms with Crippen LogP contribution in [0, 0.1) is 40.4 Å². The van der Waals surface area contributed by atoms with E-state index in [0.717, 1.165) is 25.7 Å². The lowest BCUT2D eigenvalue weighted by Gasteiger charge is -2.56. The van der Waals surface area contributed by atoms with Crippen molar-refractivity contribution in [2.45, 2.75) is 128 Å². The zero-order chi connectivity index (χ0) is 23.6. The summed E-state index contributed by atoms with van der Waals surface area (Å²) in [6, 6.07) is 0. The van der Waals surface area contributed by atoms with Gasteiger partial charge in [0.2, 0.25) is 0 Å². The summed E-state index contributed by atoms with van der Waals surface area (Å²) in [5.74, 6) is 2.93. The molecule has 0 amide bonds. The first-order chi connectivity index (χ1) is 15.5. The second-order valence-corrected chi connectivity index (χ2v) is 13.6. The van der Waals surface area contributed by atoms with E-state index in [-0.39, 0.29) is 34.2 Å². The molecule has 1 spiro atoms. The van der Waals surface area contributed by atoms with Gasteiger partial charge in [0.05, 0.1) is 6.10 Å². The molecule has 2 N–H and O–H groups in total. The first-order valence-electron chi connectivity index (χ1n) is 14.0. The van der Waals surface area contributed by atoms with E-state index in [1.165, 1.54) is 19.3 Å². The third-order valence-electron chi connectivity index (χ3n) is 12.3. The lowest BCUT2D eigenvalue weighted by Crippen LogP contribution is -2.68.